The van der Waals surface area contributed by atoms with E-state index >= 15 is 0 Å². The number of carbonyl (C=O) groups is 2. The lowest BCUT2D eigenvalue weighted by atomic mass is 9.96. The third-order valence-electron chi connectivity index (χ3n) is 3.89. The molecule has 0 fully saturated rings. The Morgan fingerprint density at radius 3 is 2.12 bits per heavy atom. The minimum absolute atomic E-state index is 0.125. The van der Waals surface area contributed by atoms with Crippen molar-refractivity contribution in [1.82, 2.24) is 10.6 Å². The van der Waals surface area contributed by atoms with Crippen molar-refractivity contribution in [3.8, 4) is 0 Å². The first kappa shape index (κ1) is 21.9. The van der Waals surface area contributed by atoms with Gasteiger partial charge in [-0.25, -0.2) is 4.79 Å². The van der Waals surface area contributed by atoms with Crippen molar-refractivity contribution < 1.29 is 24.5 Å². The predicted molar refractivity (Wildman–Crippen MR) is 98.9 cm³/mol. The zero-order chi connectivity index (χ0) is 19.5. The number of rotatable bonds is 10. The number of amides is 2. The van der Waals surface area contributed by atoms with Crippen LogP contribution in [0.5, 0.6) is 0 Å². The van der Waals surface area contributed by atoms with E-state index in [2.05, 4.69) is 36.6 Å². The minimum Gasteiger partial charge on any atom is -0.441 e. The smallest absolute Gasteiger partial charge is 0.407 e. The summed E-state index contributed by atoms with van der Waals surface area (Å²) in [5.41, 5.74) is 2.19. The maximum Gasteiger partial charge on any atom is 0.407 e. The Morgan fingerprint density at radius 1 is 1.00 bits per heavy atom. The minimum atomic E-state index is -0.941. The lowest BCUT2D eigenvalue weighted by molar-refractivity contribution is -0.122. The Balaban J connectivity index is 2.35. The monoisotopic (exact) mass is 366 g/mol. The average molecular weight is 366 g/mol. The Labute approximate surface area is 154 Å². The van der Waals surface area contributed by atoms with E-state index < -0.39 is 25.4 Å². The van der Waals surface area contributed by atoms with Gasteiger partial charge in [-0.3, -0.25) is 4.79 Å². The summed E-state index contributed by atoms with van der Waals surface area (Å²) in [6.07, 6.45) is -0.680. The van der Waals surface area contributed by atoms with E-state index in [1.54, 1.807) is 0 Å². The topological polar surface area (TPSA) is 108 Å². The Hall–Kier alpha value is -2.12. The normalized spacial score (nSPS) is 12.1. The molecule has 0 saturated carbocycles. The summed E-state index contributed by atoms with van der Waals surface area (Å²) in [6.45, 7) is 5.72. The number of benzene rings is 1. The number of aliphatic hydroxyl groups excluding tert-OH is 2. The van der Waals surface area contributed by atoms with Crippen LogP contribution in [0.3, 0.4) is 0 Å². The highest BCUT2D eigenvalue weighted by molar-refractivity contribution is 5.83. The lowest BCUT2D eigenvalue weighted by Crippen LogP contribution is -2.38. The summed E-state index contributed by atoms with van der Waals surface area (Å²) in [5.74, 6) is 0.175. The van der Waals surface area contributed by atoms with Crippen molar-refractivity contribution in [3.63, 3.8) is 0 Å². The van der Waals surface area contributed by atoms with Crippen molar-refractivity contribution in [1.29, 1.82) is 0 Å². The van der Waals surface area contributed by atoms with E-state index in [1.807, 2.05) is 19.1 Å². The van der Waals surface area contributed by atoms with Gasteiger partial charge in [0.05, 0.1) is 19.1 Å². The molecule has 0 aliphatic heterocycles. The van der Waals surface area contributed by atoms with E-state index in [0.29, 0.717) is 5.92 Å². The summed E-state index contributed by atoms with van der Waals surface area (Å²) in [7, 11) is 0. The predicted octanol–water partition coefficient (Wildman–Crippen LogP) is 1.18. The van der Waals surface area contributed by atoms with Gasteiger partial charge in [0.15, 0.2) is 0 Å². The van der Waals surface area contributed by atoms with Gasteiger partial charge in [0, 0.05) is 13.1 Å². The number of hydrogen-bond acceptors (Lipinski definition) is 5. The Kier molecular flexibility index (Phi) is 9.69. The van der Waals surface area contributed by atoms with Gasteiger partial charge in [0.1, 0.15) is 6.10 Å². The first-order chi connectivity index (χ1) is 12.4. The summed E-state index contributed by atoms with van der Waals surface area (Å²) in [6, 6.07) is 8.05. The van der Waals surface area contributed by atoms with Crippen LogP contribution in [0.4, 0.5) is 4.79 Å². The molecule has 0 bridgehead atoms. The first-order valence-electron chi connectivity index (χ1n) is 8.90. The lowest BCUT2D eigenvalue weighted by Gasteiger charge is -2.15. The van der Waals surface area contributed by atoms with Crippen LogP contribution in [0.2, 0.25) is 0 Å². The molecule has 0 aliphatic carbocycles. The second-order valence-corrected chi connectivity index (χ2v) is 6.67. The molecule has 1 atom stereocenters. The van der Waals surface area contributed by atoms with Crippen LogP contribution in [0, 0.1) is 5.92 Å². The number of aliphatic hydroxyl groups is 2. The molecule has 0 saturated heterocycles. The quantitative estimate of drug-likeness (QED) is 0.465. The molecule has 0 aliphatic rings. The molecule has 1 rings (SSSR count). The number of alkyl carbamates (subject to hydrolysis) is 1. The van der Waals surface area contributed by atoms with Gasteiger partial charge < -0.3 is 25.6 Å². The number of ether oxygens (including phenoxy) is 1. The molecule has 0 heterocycles. The van der Waals surface area contributed by atoms with Crippen molar-refractivity contribution >= 4 is 12.0 Å². The van der Waals surface area contributed by atoms with E-state index in [4.69, 9.17) is 14.9 Å². The fourth-order valence-electron chi connectivity index (χ4n) is 2.39. The zero-order valence-electron chi connectivity index (χ0n) is 15.7. The highest BCUT2D eigenvalue weighted by atomic mass is 16.6. The second kappa shape index (κ2) is 11.5. The second-order valence-electron chi connectivity index (χ2n) is 6.67. The van der Waals surface area contributed by atoms with Crippen molar-refractivity contribution in [2.45, 2.75) is 39.2 Å². The summed E-state index contributed by atoms with van der Waals surface area (Å²) in [4.78, 5) is 23.6. The molecule has 7 heteroatoms. The zero-order valence-corrected chi connectivity index (χ0v) is 15.7. The van der Waals surface area contributed by atoms with Crippen molar-refractivity contribution in [3.05, 3.63) is 35.4 Å². The Morgan fingerprint density at radius 2 is 1.58 bits per heavy atom. The molecule has 0 aromatic heterocycles. The van der Waals surface area contributed by atoms with Crippen LogP contribution < -0.4 is 10.6 Å². The molecular formula is C19H30N2O5. The number of carbonyl (C=O) groups excluding carboxylic acids is 2. The molecule has 146 valence electrons. The SMILES string of the molecule is CC(C)Cc1ccc(C(C)C(=O)NCCNC(=O)OC(CO)CO)cc1. The molecule has 0 radical (unpaired) electrons. The first-order valence-corrected chi connectivity index (χ1v) is 8.90. The van der Waals surface area contributed by atoms with Crippen molar-refractivity contribution in [2.75, 3.05) is 26.3 Å². The van der Waals surface area contributed by atoms with E-state index in [9.17, 15) is 9.59 Å². The third-order valence-corrected chi connectivity index (χ3v) is 3.89. The highest BCUT2D eigenvalue weighted by Gasteiger charge is 2.15. The van der Waals surface area contributed by atoms with Gasteiger partial charge in [0.25, 0.3) is 0 Å². The standard InChI is InChI=1S/C19H30N2O5/c1-13(2)10-15-4-6-16(7-5-15)14(3)18(24)20-8-9-21-19(25)26-17(11-22)12-23/h4-7,13-14,17,22-23H,8-12H2,1-3H3,(H,20,24)(H,21,25). The Bertz CT molecular complexity index is 556. The highest BCUT2D eigenvalue weighted by Crippen LogP contribution is 2.17. The fourth-order valence-corrected chi connectivity index (χ4v) is 2.39. The van der Waals surface area contributed by atoms with Crippen LogP contribution in [0.25, 0.3) is 0 Å². The van der Waals surface area contributed by atoms with E-state index in [1.165, 1.54) is 5.56 Å². The van der Waals surface area contributed by atoms with E-state index in [0.717, 1.165) is 12.0 Å². The molecule has 0 spiro atoms. The van der Waals surface area contributed by atoms with Gasteiger partial charge in [-0.2, -0.15) is 0 Å². The molecule has 4 N–H and O–H groups in total. The summed E-state index contributed by atoms with van der Waals surface area (Å²) in [5, 5.41) is 22.9. The van der Waals surface area contributed by atoms with Gasteiger partial charge in [-0.1, -0.05) is 38.1 Å². The molecule has 26 heavy (non-hydrogen) atoms. The van der Waals surface area contributed by atoms with Crippen LogP contribution in [0.15, 0.2) is 24.3 Å². The van der Waals surface area contributed by atoms with Crippen LogP contribution in [-0.2, 0) is 16.0 Å². The van der Waals surface area contributed by atoms with Crippen LogP contribution >= 0.6 is 0 Å². The van der Waals surface area contributed by atoms with Gasteiger partial charge >= 0.3 is 6.09 Å². The van der Waals surface area contributed by atoms with E-state index in [-0.39, 0.29) is 24.9 Å². The molecule has 1 unspecified atom stereocenters. The average Bonchev–Trinajstić information content (AvgIpc) is 2.62. The molecule has 1 aromatic carbocycles. The van der Waals surface area contributed by atoms with Crippen molar-refractivity contribution in [2.24, 2.45) is 5.92 Å². The summed E-state index contributed by atoms with van der Waals surface area (Å²) < 4.78 is 4.75. The van der Waals surface area contributed by atoms with Gasteiger partial charge in [-0.15, -0.1) is 0 Å². The van der Waals surface area contributed by atoms with Gasteiger partial charge in [0.2, 0.25) is 5.91 Å². The maximum absolute atomic E-state index is 12.2. The summed E-state index contributed by atoms with van der Waals surface area (Å²) >= 11 is 0. The number of nitrogens with one attached hydrogen (secondary N) is 2. The molecule has 2 amide bonds. The fraction of sp³-hybridized carbons (Fsp3) is 0.579. The molecule has 1 aromatic rings. The number of hydrogen-bond donors (Lipinski definition) is 4. The molecular weight excluding hydrogens is 336 g/mol. The third kappa shape index (κ3) is 7.84. The maximum atomic E-state index is 12.2. The van der Waals surface area contributed by atoms with Crippen LogP contribution in [-0.4, -0.2) is 54.6 Å². The van der Waals surface area contributed by atoms with Gasteiger partial charge in [-0.05, 0) is 30.4 Å². The molecule has 7 nitrogen and oxygen atoms in total. The van der Waals surface area contributed by atoms with Crippen LogP contribution in [0.1, 0.15) is 37.8 Å². The largest absolute Gasteiger partial charge is 0.441 e.